The van der Waals surface area contributed by atoms with Crippen molar-refractivity contribution < 1.29 is 18.9 Å². The molecule has 7 rings (SSSR count). The Bertz CT molecular complexity index is 1760. The first-order chi connectivity index (χ1) is 22.2. The molecule has 0 spiro atoms. The third-order valence-electron chi connectivity index (χ3n) is 8.15. The van der Waals surface area contributed by atoms with E-state index in [0.29, 0.717) is 11.5 Å². The lowest BCUT2D eigenvalue weighted by atomic mass is 9.68. The van der Waals surface area contributed by atoms with Crippen LogP contribution in [0.15, 0.2) is 146 Å². The molecule has 0 amide bonds. The molecule has 0 unspecified atom stereocenters. The molecule has 222 valence electrons. The van der Waals surface area contributed by atoms with Crippen LogP contribution in [0.1, 0.15) is 22.3 Å². The summed E-state index contributed by atoms with van der Waals surface area (Å²) in [7, 11) is 0. The van der Waals surface area contributed by atoms with Crippen LogP contribution in [0.4, 0.5) is 0 Å². The van der Waals surface area contributed by atoms with Crippen LogP contribution >= 0.6 is 0 Å². The highest BCUT2D eigenvalue weighted by atomic mass is 16.5. The van der Waals surface area contributed by atoms with Crippen molar-refractivity contribution in [3.63, 3.8) is 0 Å². The molecule has 45 heavy (non-hydrogen) atoms. The zero-order valence-electron chi connectivity index (χ0n) is 24.6. The van der Waals surface area contributed by atoms with Gasteiger partial charge in [0, 0.05) is 0 Å². The molecule has 4 N–H and O–H groups in total. The number of nitrogens with two attached hydrogens (primary N) is 2. The predicted octanol–water partition coefficient (Wildman–Crippen LogP) is 8.22. The first kappa shape index (κ1) is 28.2. The molecular weight excluding hydrogens is 560 g/mol. The Balaban J connectivity index is 1.26. The highest BCUT2D eigenvalue weighted by Gasteiger charge is 2.45. The van der Waals surface area contributed by atoms with Gasteiger partial charge in [-0.2, -0.15) is 0 Å². The largest absolute Gasteiger partial charge is 0.479 e. The predicted molar refractivity (Wildman–Crippen MR) is 176 cm³/mol. The van der Waals surface area contributed by atoms with E-state index < -0.39 is 5.41 Å². The monoisotopic (exact) mass is 592 g/mol. The molecule has 0 radical (unpaired) electrons. The van der Waals surface area contributed by atoms with Crippen LogP contribution in [-0.2, 0) is 5.41 Å². The summed E-state index contributed by atoms with van der Waals surface area (Å²) in [6.45, 7) is 0.259. The highest BCUT2D eigenvalue weighted by Crippen LogP contribution is 2.56. The minimum atomic E-state index is -0.535. The van der Waals surface area contributed by atoms with Crippen LogP contribution in [0, 0.1) is 0 Å². The lowest BCUT2D eigenvalue weighted by Crippen LogP contribution is -2.28. The van der Waals surface area contributed by atoms with Crippen LogP contribution in [0.3, 0.4) is 0 Å². The number of ether oxygens (including phenoxy) is 4. The van der Waals surface area contributed by atoms with Crippen molar-refractivity contribution in [1.82, 2.24) is 0 Å². The summed E-state index contributed by atoms with van der Waals surface area (Å²) in [5.41, 5.74) is 17.7. The van der Waals surface area contributed by atoms with Crippen LogP contribution in [0.5, 0.6) is 34.5 Å². The lowest BCUT2D eigenvalue weighted by molar-refractivity contribution is 0.329. The lowest BCUT2D eigenvalue weighted by Gasteiger charge is -2.34. The molecule has 0 aromatic heterocycles. The fourth-order valence-electron chi connectivity index (χ4n) is 6.24. The number of hydrogen-bond donors (Lipinski definition) is 2. The van der Waals surface area contributed by atoms with E-state index in [1.807, 2.05) is 72.8 Å². The average Bonchev–Trinajstić information content (AvgIpc) is 3.39. The second-order valence-electron chi connectivity index (χ2n) is 10.7. The summed E-state index contributed by atoms with van der Waals surface area (Å²) in [5, 5.41) is 0. The van der Waals surface area contributed by atoms with Gasteiger partial charge in [0.1, 0.15) is 48.0 Å². The first-order valence-corrected chi connectivity index (χ1v) is 14.8. The topological polar surface area (TPSA) is 89.0 Å². The zero-order chi connectivity index (χ0) is 30.6. The Kier molecular flexibility index (Phi) is 7.66. The number of hydrogen-bond acceptors (Lipinski definition) is 6. The van der Waals surface area contributed by atoms with Gasteiger partial charge in [0.05, 0.1) is 5.41 Å². The fraction of sp³-hybridized carbons (Fsp3) is 0.0769. The summed E-state index contributed by atoms with van der Waals surface area (Å²) in [6.07, 6.45) is 0. The zero-order valence-corrected chi connectivity index (χ0v) is 24.6. The molecule has 0 atom stereocenters. The fourth-order valence-corrected chi connectivity index (χ4v) is 6.24. The Morgan fingerprint density at radius 2 is 0.689 bits per heavy atom. The van der Waals surface area contributed by atoms with Gasteiger partial charge in [-0.1, -0.05) is 72.8 Å². The highest BCUT2D eigenvalue weighted by molar-refractivity contribution is 5.86. The van der Waals surface area contributed by atoms with E-state index in [1.54, 1.807) is 0 Å². The molecule has 1 aliphatic rings. The van der Waals surface area contributed by atoms with E-state index in [9.17, 15) is 0 Å². The van der Waals surface area contributed by atoms with Crippen molar-refractivity contribution >= 4 is 0 Å². The number of rotatable bonds is 10. The average molecular weight is 593 g/mol. The third-order valence-corrected chi connectivity index (χ3v) is 8.15. The maximum absolute atomic E-state index is 6.18. The molecule has 0 heterocycles. The smallest absolute Gasteiger partial charge is 0.137 e. The minimum absolute atomic E-state index is 0.130. The van der Waals surface area contributed by atoms with E-state index in [4.69, 9.17) is 30.4 Å². The Labute approximate surface area is 262 Å². The van der Waals surface area contributed by atoms with E-state index in [-0.39, 0.29) is 13.5 Å². The summed E-state index contributed by atoms with van der Waals surface area (Å²) >= 11 is 0. The van der Waals surface area contributed by atoms with E-state index >= 15 is 0 Å². The molecule has 6 aromatic carbocycles. The van der Waals surface area contributed by atoms with Gasteiger partial charge in [0.2, 0.25) is 0 Å². The molecule has 6 heteroatoms. The van der Waals surface area contributed by atoms with Crippen molar-refractivity contribution in [3.05, 3.63) is 168 Å². The molecule has 0 saturated carbocycles. The van der Waals surface area contributed by atoms with E-state index in [0.717, 1.165) is 34.1 Å². The number of fused-ring (bicyclic) bond motifs is 3. The van der Waals surface area contributed by atoms with Gasteiger partial charge in [-0.05, 0) is 106 Å². The number of benzene rings is 6. The minimum Gasteiger partial charge on any atom is -0.479 e. The van der Waals surface area contributed by atoms with Gasteiger partial charge in [0.15, 0.2) is 0 Å². The summed E-state index contributed by atoms with van der Waals surface area (Å²) in [5.74, 6) is 4.32. The van der Waals surface area contributed by atoms with Gasteiger partial charge in [-0.3, -0.25) is 11.5 Å². The molecular formula is C39H32N2O4. The van der Waals surface area contributed by atoms with E-state index in [1.165, 1.54) is 22.3 Å². The van der Waals surface area contributed by atoms with Crippen LogP contribution < -0.4 is 30.4 Å². The SMILES string of the molecule is NCOc1ccc(Oc2ccc(C3(c4ccc(Oc5ccc(OCN)cc5)cc4)c4ccccc4-c4ccccc43)cc2)cc1. The molecule has 0 aliphatic heterocycles. The van der Waals surface area contributed by atoms with Crippen molar-refractivity contribution in [2.75, 3.05) is 13.5 Å². The second kappa shape index (κ2) is 12.2. The first-order valence-electron chi connectivity index (χ1n) is 14.8. The van der Waals surface area contributed by atoms with Crippen molar-refractivity contribution in [2.45, 2.75) is 5.41 Å². The molecule has 0 fully saturated rings. The molecule has 6 nitrogen and oxygen atoms in total. The molecule has 0 saturated heterocycles. The summed E-state index contributed by atoms with van der Waals surface area (Å²) in [6, 6.07) is 49.0. The van der Waals surface area contributed by atoms with Crippen molar-refractivity contribution in [2.24, 2.45) is 11.5 Å². The van der Waals surface area contributed by atoms with Gasteiger partial charge in [0.25, 0.3) is 0 Å². The van der Waals surface area contributed by atoms with Crippen LogP contribution in [0.25, 0.3) is 11.1 Å². The van der Waals surface area contributed by atoms with E-state index in [2.05, 4.69) is 72.8 Å². The van der Waals surface area contributed by atoms with Crippen LogP contribution in [-0.4, -0.2) is 13.5 Å². The Morgan fingerprint density at radius 3 is 1.04 bits per heavy atom. The van der Waals surface area contributed by atoms with Gasteiger partial charge >= 0.3 is 0 Å². The van der Waals surface area contributed by atoms with Gasteiger partial charge in [-0.25, -0.2) is 0 Å². The molecule has 0 bridgehead atoms. The maximum Gasteiger partial charge on any atom is 0.137 e. The van der Waals surface area contributed by atoms with Crippen LogP contribution in [0.2, 0.25) is 0 Å². The Hall–Kier alpha value is -5.56. The molecule has 1 aliphatic carbocycles. The standard InChI is InChI=1S/C39H32N2O4/c40-25-42-29-17-21-33(22-18-29)44-31-13-9-27(10-14-31)39(37-7-3-1-5-35(37)36-6-2-4-8-38(36)39)28-11-15-32(16-12-28)45-34-23-19-30(20-24-34)43-26-41/h1-24H,25-26,40-41H2. The molecule has 6 aromatic rings. The second-order valence-corrected chi connectivity index (χ2v) is 10.7. The Morgan fingerprint density at radius 1 is 0.378 bits per heavy atom. The quantitative estimate of drug-likeness (QED) is 0.156. The normalized spacial score (nSPS) is 12.6. The maximum atomic E-state index is 6.18. The van der Waals surface area contributed by atoms with Crippen molar-refractivity contribution in [1.29, 1.82) is 0 Å². The summed E-state index contributed by atoms with van der Waals surface area (Å²) < 4.78 is 23.1. The van der Waals surface area contributed by atoms with Gasteiger partial charge in [-0.15, -0.1) is 0 Å². The van der Waals surface area contributed by atoms with Gasteiger partial charge < -0.3 is 18.9 Å². The third kappa shape index (κ3) is 5.27. The summed E-state index contributed by atoms with van der Waals surface area (Å²) in [4.78, 5) is 0. The van der Waals surface area contributed by atoms with Crippen molar-refractivity contribution in [3.8, 4) is 45.6 Å².